The average molecular weight is 194 g/mol. The number of amides is 1. The summed E-state index contributed by atoms with van der Waals surface area (Å²) in [7, 11) is 1.51. The van der Waals surface area contributed by atoms with Crippen LogP contribution in [0.5, 0.6) is 0 Å². The van der Waals surface area contributed by atoms with Gasteiger partial charge < -0.3 is 15.8 Å². The minimum absolute atomic E-state index is 0.275. The summed E-state index contributed by atoms with van der Waals surface area (Å²) in [5, 5.41) is 2.38. The Morgan fingerprint density at radius 1 is 1.50 bits per heavy atom. The van der Waals surface area contributed by atoms with Gasteiger partial charge in [0.05, 0.1) is 0 Å². The van der Waals surface area contributed by atoms with Crippen LogP contribution in [0, 0.1) is 0 Å². The van der Waals surface area contributed by atoms with Crippen LogP contribution >= 0.6 is 0 Å². The van der Waals surface area contributed by atoms with Crippen LogP contribution in [0.25, 0.3) is 0 Å². The Bertz CT molecular complexity index is 287. The van der Waals surface area contributed by atoms with Gasteiger partial charge in [0.2, 0.25) is 0 Å². The molecule has 3 N–H and O–H groups in total. The molecule has 0 saturated carbocycles. The number of alkyl carbamates (subject to hydrolysis) is 1. The number of rotatable bonds is 3. The van der Waals surface area contributed by atoms with Gasteiger partial charge in [-0.15, -0.1) is 0 Å². The fraction of sp³-hybridized carbons (Fsp3) is 0.300. The molecule has 0 aromatic heterocycles. The van der Waals surface area contributed by atoms with E-state index in [1.165, 1.54) is 7.05 Å². The number of carbonyl (C=O) groups is 1. The van der Waals surface area contributed by atoms with Gasteiger partial charge in [0.15, 0.2) is 0 Å². The second-order valence-corrected chi connectivity index (χ2v) is 2.79. The number of hydrogen-bond acceptors (Lipinski definition) is 3. The Morgan fingerprint density at radius 2 is 2.14 bits per heavy atom. The van der Waals surface area contributed by atoms with E-state index in [0.29, 0.717) is 0 Å². The molecule has 1 amide bonds. The normalized spacial score (nSPS) is 11.9. The molecule has 0 aliphatic carbocycles. The Kier molecular flexibility index (Phi) is 3.94. The van der Waals surface area contributed by atoms with E-state index in [4.69, 9.17) is 10.5 Å². The third-order valence-corrected chi connectivity index (χ3v) is 1.84. The third-order valence-electron chi connectivity index (χ3n) is 1.84. The van der Waals surface area contributed by atoms with Gasteiger partial charge in [-0.1, -0.05) is 30.3 Å². The highest BCUT2D eigenvalue weighted by molar-refractivity contribution is 5.67. The second kappa shape index (κ2) is 5.24. The van der Waals surface area contributed by atoms with Crippen molar-refractivity contribution >= 4 is 6.09 Å². The highest BCUT2D eigenvalue weighted by Crippen LogP contribution is 2.15. The standard InChI is InChI=1S/C10H14N2O2/c1-12-10(13)14-9(7-11)8-5-3-2-4-6-8/h2-6,9H,7,11H2,1H3,(H,12,13). The molecule has 76 valence electrons. The second-order valence-electron chi connectivity index (χ2n) is 2.79. The lowest BCUT2D eigenvalue weighted by atomic mass is 10.1. The number of nitrogens with one attached hydrogen (secondary N) is 1. The lowest BCUT2D eigenvalue weighted by Crippen LogP contribution is -2.25. The van der Waals surface area contributed by atoms with Crippen LogP contribution in [0.3, 0.4) is 0 Å². The highest BCUT2D eigenvalue weighted by atomic mass is 16.6. The van der Waals surface area contributed by atoms with Crippen LogP contribution in [-0.2, 0) is 4.74 Å². The lowest BCUT2D eigenvalue weighted by molar-refractivity contribution is 0.103. The Morgan fingerprint density at radius 3 is 2.64 bits per heavy atom. The van der Waals surface area contributed by atoms with Gasteiger partial charge in [0, 0.05) is 13.6 Å². The minimum Gasteiger partial charge on any atom is -0.440 e. The van der Waals surface area contributed by atoms with Crippen LogP contribution in [0.15, 0.2) is 30.3 Å². The SMILES string of the molecule is CNC(=O)OC(CN)c1ccccc1. The van der Waals surface area contributed by atoms with E-state index >= 15 is 0 Å². The Balaban J connectivity index is 2.68. The van der Waals surface area contributed by atoms with E-state index in [-0.39, 0.29) is 12.6 Å². The highest BCUT2D eigenvalue weighted by Gasteiger charge is 2.13. The van der Waals surface area contributed by atoms with E-state index < -0.39 is 6.09 Å². The molecule has 0 aliphatic heterocycles. The van der Waals surface area contributed by atoms with E-state index in [1.54, 1.807) is 0 Å². The number of nitrogens with two attached hydrogens (primary N) is 1. The maximum Gasteiger partial charge on any atom is 0.407 e. The number of hydrogen-bond donors (Lipinski definition) is 2. The topological polar surface area (TPSA) is 64.3 Å². The number of ether oxygens (including phenoxy) is 1. The molecule has 0 spiro atoms. The van der Waals surface area contributed by atoms with Crippen molar-refractivity contribution in [1.82, 2.24) is 5.32 Å². The molecule has 1 atom stereocenters. The van der Waals surface area contributed by atoms with E-state index in [2.05, 4.69) is 5.32 Å². The van der Waals surface area contributed by atoms with E-state index in [0.717, 1.165) is 5.56 Å². The third kappa shape index (κ3) is 2.74. The van der Waals surface area contributed by atoms with Crippen molar-refractivity contribution in [1.29, 1.82) is 0 Å². The van der Waals surface area contributed by atoms with Crippen molar-refractivity contribution in [2.75, 3.05) is 13.6 Å². The van der Waals surface area contributed by atoms with Crippen molar-refractivity contribution in [3.63, 3.8) is 0 Å². The van der Waals surface area contributed by atoms with Gasteiger partial charge in [0.1, 0.15) is 6.10 Å². The fourth-order valence-electron chi connectivity index (χ4n) is 1.11. The van der Waals surface area contributed by atoms with Gasteiger partial charge in [-0.2, -0.15) is 0 Å². The largest absolute Gasteiger partial charge is 0.440 e. The zero-order chi connectivity index (χ0) is 10.4. The average Bonchev–Trinajstić information content (AvgIpc) is 2.26. The first kappa shape index (κ1) is 10.5. The maximum absolute atomic E-state index is 11.0. The van der Waals surface area contributed by atoms with Gasteiger partial charge in [-0.3, -0.25) is 0 Å². The van der Waals surface area contributed by atoms with Crippen molar-refractivity contribution in [2.45, 2.75) is 6.10 Å². The van der Waals surface area contributed by atoms with Crippen LogP contribution in [-0.4, -0.2) is 19.7 Å². The summed E-state index contributed by atoms with van der Waals surface area (Å²) >= 11 is 0. The van der Waals surface area contributed by atoms with Crippen molar-refractivity contribution in [3.8, 4) is 0 Å². The van der Waals surface area contributed by atoms with Crippen LogP contribution in [0.2, 0.25) is 0 Å². The summed E-state index contributed by atoms with van der Waals surface area (Å²) in [4.78, 5) is 11.0. The predicted octanol–water partition coefficient (Wildman–Crippen LogP) is 1.04. The monoisotopic (exact) mass is 194 g/mol. The molecule has 4 nitrogen and oxygen atoms in total. The zero-order valence-electron chi connectivity index (χ0n) is 8.07. The maximum atomic E-state index is 11.0. The van der Waals surface area contributed by atoms with Crippen LogP contribution < -0.4 is 11.1 Å². The quantitative estimate of drug-likeness (QED) is 0.755. The van der Waals surface area contributed by atoms with E-state index in [1.807, 2.05) is 30.3 Å². The zero-order valence-corrected chi connectivity index (χ0v) is 8.07. The van der Waals surface area contributed by atoms with Crippen molar-refractivity contribution in [3.05, 3.63) is 35.9 Å². The molecule has 4 heteroatoms. The summed E-state index contributed by atoms with van der Waals surface area (Å²) in [5.74, 6) is 0. The first-order valence-electron chi connectivity index (χ1n) is 4.41. The molecule has 0 saturated heterocycles. The fourth-order valence-corrected chi connectivity index (χ4v) is 1.11. The van der Waals surface area contributed by atoms with Crippen LogP contribution in [0.1, 0.15) is 11.7 Å². The minimum atomic E-state index is -0.468. The molecular weight excluding hydrogens is 180 g/mol. The molecular formula is C10H14N2O2. The molecule has 0 bridgehead atoms. The summed E-state index contributed by atoms with van der Waals surface area (Å²) in [6, 6.07) is 9.41. The molecule has 1 aromatic carbocycles. The first-order valence-corrected chi connectivity index (χ1v) is 4.41. The Hall–Kier alpha value is -1.55. The molecule has 0 radical (unpaired) electrons. The van der Waals surface area contributed by atoms with E-state index in [9.17, 15) is 4.79 Å². The van der Waals surface area contributed by atoms with Crippen molar-refractivity contribution < 1.29 is 9.53 Å². The summed E-state index contributed by atoms with van der Waals surface area (Å²) < 4.78 is 5.06. The first-order chi connectivity index (χ1) is 6.77. The van der Waals surface area contributed by atoms with Crippen LogP contribution in [0.4, 0.5) is 4.79 Å². The number of benzene rings is 1. The lowest BCUT2D eigenvalue weighted by Gasteiger charge is -2.15. The summed E-state index contributed by atoms with van der Waals surface area (Å²) in [5.41, 5.74) is 6.40. The van der Waals surface area contributed by atoms with Gasteiger partial charge in [0.25, 0.3) is 0 Å². The molecule has 0 aliphatic rings. The summed E-state index contributed by atoms with van der Waals surface area (Å²) in [6.45, 7) is 0.275. The summed E-state index contributed by atoms with van der Waals surface area (Å²) in [6.07, 6.45) is -0.847. The molecule has 14 heavy (non-hydrogen) atoms. The van der Waals surface area contributed by atoms with Crippen molar-refractivity contribution in [2.24, 2.45) is 5.73 Å². The molecule has 1 unspecified atom stereocenters. The predicted molar refractivity (Wildman–Crippen MR) is 53.8 cm³/mol. The molecule has 1 aromatic rings. The number of carbonyl (C=O) groups excluding carboxylic acids is 1. The van der Waals surface area contributed by atoms with Gasteiger partial charge in [-0.25, -0.2) is 4.79 Å². The Labute approximate surface area is 83.1 Å². The molecule has 0 heterocycles. The van der Waals surface area contributed by atoms with Gasteiger partial charge in [-0.05, 0) is 5.56 Å². The molecule has 0 fully saturated rings. The van der Waals surface area contributed by atoms with Gasteiger partial charge >= 0.3 is 6.09 Å². The smallest absolute Gasteiger partial charge is 0.407 e. The molecule has 1 rings (SSSR count).